The van der Waals surface area contributed by atoms with Crippen LogP contribution in [0, 0.1) is 12.8 Å². The molecule has 0 saturated carbocycles. The zero-order valence-corrected chi connectivity index (χ0v) is 15.7. The van der Waals surface area contributed by atoms with E-state index in [1.807, 2.05) is 29.8 Å². The number of benzene rings is 1. The van der Waals surface area contributed by atoms with Gasteiger partial charge in [0.2, 0.25) is 5.91 Å². The Hall–Kier alpha value is -2.34. The summed E-state index contributed by atoms with van der Waals surface area (Å²) in [5.74, 6) is 2.21. The average Bonchev–Trinajstić information content (AvgIpc) is 3.28. The number of nitrogens with zero attached hydrogens (tertiary/aromatic N) is 4. The standard InChI is InChI=1S/C21H26N4O2/c1-14-22-7-10-24(14)13-19(27)25-12-18(16-3-2-4-17(26)11-16)21-20(25)15-5-8-23(21)9-6-15/h2-4,7,10-11,15,18,20-21,26H,5-6,8-9,12-13H2,1H3/t18-,20+,21+/m0/s1. The summed E-state index contributed by atoms with van der Waals surface area (Å²) in [6.07, 6.45) is 5.99. The van der Waals surface area contributed by atoms with Gasteiger partial charge in [-0.15, -0.1) is 0 Å². The molecule has 4 aliphatic heterocycles. The Kier molecular flexibility index (Phi) is 3.97. The molecule has 3 atom stereocenters. The Morgan fingerprint density at radius 1 is 1.26 bits per heavy atom. The normalized spacial score (nSPS) is 31.9. The van der Waals surface area contributed by atoms with Crippen LogP contribution in [0.2, 0.25) is 0 Å². The van der Waals surface area contributed by atoms with Crippen LogP contribution in [0.3, 0.4) is 0 Å². The number of carbonyl (C=O) groups excluding carboxylic acids is 1. The predicted molar refractivity (Wildman–Crippen MR) is 101 cm³/mol. The van der Waals surface area contributed by atoms with Crippen molar-refractivity contribution in [3.63, 3.8) is 0 Å². The molecule has 2 aromatic rings. The average molecular weight is 366 g/mol. The SMILES string of the molecule is Cc1nccn1CC(=O)N1C[C@@H](c2cccc(O)c2)[C@@H]2[C@H]1C1CCN2CC1. The number of phenols is 1. The Balaban J connectivity index is 1.47. The van der Waals surface area contributed by atoms with E-state index in [-0.39, 0.29) is 17.9 Å². The number of aromatic nitrogens is 2. The van der Waals surface area contributed by atoms with Gasteiger partial charge in [0.15, 0.2) is 0 Å². The van der Waals surface area contributed by atoms with Gasteiger partial charge in [-0.05, 0) is 56.5 Å². The van der Waals surface area contributed by atoms with Gasteiger partial charge >= 0.3 is 0 Å². The molecule has 5 heterocycles. The molecule has 0 aliphatic carbocycles. The number of aromatic hydroxyl groups is 1. The van der Waals surface area contributed by atoms with Gasteiger partial charge in [-0.25, -0.2) is 4.98 Å². The smallest absolute Gasteiger partial charge is 0.242 e. The Morgan fingerprint density at radius 3 is 2.78 bits per heavy atom. The number of rotatable bonds is 3. The molecule has 4 saturated heterocycles. The largest absolute Gasteiger partial charge is 0.508 e. The number of hydrogen-bond donors (Lipinski definition) is 1. The Bertz CT molecular complexity index is 855. The van der Waals surface area contributed by atoms with Crippen LogP contribution in [0.4, 0.5) is 0 Å². The fraction of sp³-hybridized carbons (Fsp3) is 0.524. The van der Waals surface area contributed by atoms with E-state index in [4.69, 9.17) is 0 Å². The quantitative estimate of drug-likeness (QED) is 0.902. The van der Waals surface area contributed by atoms with E-state index in [1.54, 1.807) is 12.3 Å². The van der Waals surface area contributed by atoms with E-state index >= 15 is 0 Å². The molecule has 0 radical (unpaired) electrons. The third kappa shape index (κ3) is 2.74. The molecule has 1 aromatic heterocycles. The molecular formula is C21H26N4O2. The van der Waals surface area contributed by atoms with Gasteiger partial charge in [0.05, 0.1) is 6.04 Å². The molecule has 6 heteroatoms. The summed E-state index contributed by atoms with van der Waals surface area (Å²) in [5, 5.41) is 9.97. The summed E-state index contributed by atoms with van der Waals surface area (Å²) >= 11 is 0. The molecule has 0 spiro atoms. The van der Waals surface area contributed by atoms with Crippen LogP contribution in [-0.2, 0) is 11.3 Å². The van der Waals surface area contributed by atoms with Gasteiger partial charge < -0.3 is 14.6 Å². The minimum atomic E-state index is 0.183. The number of hydrogen-bond acceptors (Lipinski definition) is 4. The topological polar surface area (TPSA) is 61.6 Å². The van der Waals surface area contributed by atoms with Gasteiger partial charge in [0.25, 0.3) is 0 Å². The number of imidazole rings is 1. The highest BCUT2D eigenvalue weighted by Gasteiger charge is 2.54. The van der Waals surface area contributed by atoms with Crippen molar-refractivity contribution >= 4 is 5.91 Å². The van der Waals surface area contributed by atoms with Crippen molar-refractivity contribution in [1.29, 1.82) is 0 Å². The molecular weight excluding hydrogens is 340 g/mol. The fourth-order valence-corrected chi connectivity index (χ4v) is 5.56. The maximum Gasteiger partial charge on any atom is 0.242 e. The number of likely N-dealkylation sites (tertiary alicyclic amines) is 1. The first-order chi connectivity index (χ1) is 13.1. The lowest BCUT2D eigenvalue weighted by molar-refractivity contribution is -0.136. The Labute approximate surface area is 159 Å². The van der Waals surface area contributed by atoms with Gasteiger partial charge in [-0.3, -0.25) is 9.69 Å². The summed E-state index contributed by atoms with van der Waals surface area (Å²) in [4.78, 5) is 22.2. The number of carbonyl (C=O) groups is 1. The summed E-state index contributed by atoms with van der Waals surface area (Å²) in [6, 6.07) is 8.25. The number of fused-ring (bicyclic) bond motifs is 2. The van der Waals surface area contributed by atoms with Crippen LogP contribution >= 0.6 is 0 Å². The number of aryl methyl sites for hydroxylation is 1. The third-order valence-electron chi connectivity index (χ3n) is 6.84. The van der Waals surface area contributed by atoms with Crippen molar-refractivity contribution in [2.45, 2.75) is 44.3 Å². The molecule has 1 N–H and O–H groups in total. The van der Waals surface area contributed by atoms with Crippen molar-refractivity contribution < 1.29 is 9.90 Å². The van der Waals surface area contributed by atoms with Crippen LogP contribution in [0.1, 0.15) is 30.1 Å². The minimum absolute atomic E-state index is 0.183. The molecule has 1 amide bonds. The van der Waals surface area contributed by atoms with Gasteiger partial charge in [0, 0.05) is 30.9 Å². The predicted octanol–water partition coefficient (Wildman–Crippen LogP) is 1.99. The van der Waals surface area contributed by atoms with Gasteiger partial charge in [-0.1, -0.05) is 12.1 Å². The van der Waals surface area contributed by atoms with E-state index < -0.39 is 0 Å². The summed E-state index contributed by atoms with van der Waals surface area (Å²) in [7, 11) is 0. The summed E-state index contributed by atoms with van der Waals surface area (Å²) in [6.45, 7) is 5.28. The zero-order valence-electron chi connectivity index (χ0n) is 15.7. The molecule has 6 nitrogen and oxygen atoms in total. The van der Waals surface area contributed by atoms with Crippen molar-refractivity contribution in [2.75, 3.05) is 19.6 Å². The number of phenolic OH excluding ortho intramolecular Hbond substituents is 1. The van der Waals surface area contributed by atoms with E-state index in [9.17, 15) is 9.90 Å². The minimum Gasteiger partial charge on any atom is -0.508 e. The van der Waals surface area contributed by atoms with Crippen LogP contribution in [0.5, 0.6) is 5.75 Å². The first-order valence-electron chi connectivity index (χ1n) is 9.92. The lowest BCUT2D eigenvalue weighted by Crippen LogP contribution is -2.61. The van der Waals surface area contributed by atoms with Crippen LogP contribution in [0.25, 0.3) is 0 Å². The van der Waals surface area contributed by atoms with Crippen molar-refractivity contribution in [2.24, 2.45) is 5.92 Å². The summed E-state index contributed by atoms with van der Waals surface area (Å²) < 4.78 is 1.93. The van der Waals surface area contributed by atoms with Crippen LogP contribution in [0.15, 0.2) is 36.7 Å². The van der Waals surface area contributed by atoms with E-state index in [2.05, 4.69) is 20.9 Å². The second-order valence-corrected chi connectivity index (χ2v) is 8.20. The van der Waals surface area contributed by atoms with E-state index in [0.717, 1.165) is 31.0 Å². The second kappa shape index (κ2) is 6.37. The lowest BCUT2D eigenvalue weighted by atomic mass is 9.75. The number of piperidine rings is 3. The number of amides is 1. The first-order valence-corrected chi connectivity index (χ1v) is 9.92. The molecule has 27 heavy (non-hydrogen) atoms. The highest BCUT2D eigenvalue weighted by Crippen LogP contribution is 2.46. The lowest BCUT2D eigenvalue weighted by Gasteiger charge is -2.51. The maximum absolute atomic E-state index is 13.2. The first kappa shape index (κ1) is 16.8. The molecule has 6 rings (SSSR count). The molecule has 1 aromatic carbocycles. The van der Waals surface area contributed by atoms with Crippen molar-refractivity contribution in [3.05, 3.63) is 48.0 Å². The third-order valence-corrected chi connectivity index (χ3v) is 6.84. The summed E-state index contributed by atoms with van der Waals surface area (Å²) in [5.41, 5.74) is 1.15. The zero-order chi connectivity index (χ0) is 18.5. The van der Waals surface area contributed by atoms with E-state index in [0.29, 0.717) is 24.3 Å². The van der Waals surface area contributed by atoms with Gasteiger partial charge in [0.1, 0.15) is 18.1 Å². The van der Waals surface area contributed by atoms with E-state index in [1.165, 1.54) is 12.8 Å². The van der Waals surface area contributed by atoms with Crippen LogP contribution in [-0.4, -0.2) is 62.1 Å². The van der Waals surface area contributed by atoms with Gasteiger partial charge in [-0.2, -0.15) is 0 Å². The monoisotopic (exact) mass is 366 g/mol. The van der Waals surface area contributed by atoms with Crippen LogP contribution < -0.4 is 0 Å². The molecule has 2 bridgehead atoms. The Morgan fingerprint density at radius 2 is 2.07 bits per heavy atom. The highest BCUT2D eigenvalue weighted by atomic mass is 16.3. The van der Waals surface area contributed by atoms with Crippen molar-refractivity contribution in [1.82, 2.24) is 19.4 Å². The second-order valence-electron chi connectivity index (χ2n) is 8.20. The molecule has 0 unspecified atom stereocenters. The molecule has 4 aliphatic rings. The maximum atomic E-state index is 13.2. The van der Waals surface area contributed by atoms with Crippen molar-refractivity contribution in [3.8, 4) is 5.75 Å². The molecule has 142 valence electrons. The highest BCUT2D eigenvalue weighted by molar-refractivity contribution is 5.77. The molecule has 4 fully saturated rings. The fourth-order valence-electron chi connectivity index (χ4n) is 5.56.